The molecule has 3 heterocycles. The Labute approximate surface area is 141 Å². The van der Waals surface area contributed by atoms with Gasteiger partial charge in [0.25, 0.3) is 10.0 Å². The largest absolute Gasteiger partial charge is 0.339 e. The van der Waals surface area contributed by atoms with Crippen LogP contribution >= 0.6 is 0 Å². The topological polar surface area (TPSA) is 75.5 Å². The van der Waals surface area contributed by atoms with E-state index in [2.05, 4.69) is 4.98 Å². The third kappa shape index (κ3) is 3.06. The molecule has 0 aromatic carbocycles. The van der Waals surface area contributed by atoms with E-state index in [9.17, 15) is 17.6 Å². The fraction of sp³-hybridized carbons (Fsp3) is 0.733. The number of likely N-dealkylation sites (tertiary alicyclic amines) is 1. The molecule has 0 radical (unpaired) electrons. The molecule has 0 N–H and O–H groups in total. The Bertz CT molecular complexity index is 706. The number of piperidine rings is 1. The van der Waals surface area contributed by atoms with E-state index >= 15 is 0 Å². The van der Waals surface area contributed by atoms with Crippen LogP contribution in [-0.2, 0) is 21.9 Å². The number of carbonyl (C=O) groups excluding carboxylic acids is 1. The maximum Gasteiger partial charge on any atom is 0.262 e. The summed E-state index contributed by atoms with van der Waals surface area (Å²) in [6.07, 6.45) is 2.94. The van der Waals surface area contributed by atoms with Crippen molar-refractivity contribution < 1.29 is 17.6 Å². The smallest absolute Gasteiger partial charge is 0.262 e. The van der Waals surface area contributed by atoms with E-state index in [1.165, 1.54) is 10.5 Å². The van der Waals surface area contributed by atoms with E-state index in [0.29, 0.717) is 38.3 Å². The van der Waals surface area contributed by atoms with Crippen LogP contribution in [-0.4, -0.2) is 65.4 Å². The predicted octanol–water partition coefficient (Wildman–Crippen LogP) is 0.700. The molecular weight excluding hydrogens is 335 g/mol. The fourth-order valence-corrected chi connectivity index (χ4v) is 4.94. The van der Waals surface area contributed by atoms with Crippen molar-refractivity contribution in [1.82, 2.24) is 18.8 Å². The van der Waals surface area contributed by atoms with Gasteiger partial charge in [-0.2, -0.15) is 4.31 Å². The van der Waals surface area contributed by atoms with Crippen LogP contribution in [0, 0.1) is 12.8 Å². The van der Waals surface area contributed by atoms with Crippen LogP contribution in [0.15, 0.2) is 11.2 Å². The van der Waals surface area contributed by atoms with Crippen LogP contribution in [0.4, 0.5) is 4.39 Å². The highest BCUT2D eigenvalue weighted by molar-refractivity contribution is 7.89. The van der Waals surface area contributed by atoms with Crippen LogP contribution in [0.1, 0.15) is 25.1 Å². The van der Waals surface area contributed by atoms with Gasteiger partial charge in [0.15, 0.2) is 5.03 Å². The molecule has 2 fully saturated rings. The third-order valence-corrected chi connectivity index (χ3v) is 6.78. The average molecular weight is 358 g/mol. The maximum absolute atomic E-state index is 12.8. The van der Waals surface area contributed by atoms with Crippen molar-refractivity contribution in [3.63, 3.8) is 0 Å². The summed E-state index contributed by atoms with van der Waals surface area (Å²) >= 11 is 0. The summed E-state index contributed by atoms with van der Waals surface area (Å²) in [7, 11) is -1.84. The van der Waals surface area contributed by atoms with Crippen LogP contribution in [0.2, 0.25) is 0 Å². The second-order valence-corrected chi connectivity index (χ2v) is 8.53. The van der Waals surface area contributed by atoms with E-state index < -0.39 is 16.7 Å². The van der Waals surface area contributed by atoms with Gasteiger partial charge in [-0.15, -0.1) is 0 Å². The van der Waals surface area contributed by atoms with Gasteiger partial charge in [-0.05, 0) is 19.8 Å². The minimum atomic E-state index is -3.60. The number of alkyl halides is 1. The zero-order valence-corrected chi connectivity index (χ0v) is 14.8. The summed E-state index contributed by atoms with van der Waals surface area (Å²) in [6, 6.07) is 0.00553. The Balaban J connectivity index is 1.65. The van der Waals surface area contributed by atoms with Gasteiger partial charge in [-0.3, -0.25) is 9.18 Å². The van der Waals surface area contributed by atoms with Gasteiger partial charge >= 0.3 is 0 Å². The molecule has 3 rings (SSSR count). The molecule has 1 amide bonds. The van der Waals surface area contributed by atoms with Gasteiger partial charge in [-0.25, -0.2) is 13.4 Å². The van der Waals surface area contributed by atoms with Crippen molar-refractivity contribution in [1.29, 1.82) is 0 Å². The number of rotatable bonds is 4. The summed E-state index contributed by atoms with van der Waals surface area (Å²) in [5, 5.41) is 0.0655. The van der Waals surface area contributed by atoms with Crippen molar-refractivity contribution in [2.24, 2.45) is 13.0 Å². The lowest BCUT2D eigenvalue weighted by molar-refractivity contribution is -0.130. The third-order valence-electron chi connectivity index (χ3n) is 5.01. The predicted molar refractivity (Wildman–Crippen MR) is 85.5 cm³/mol. The second kappa shape index (κ2) is 6.44. The number of nitrogens with zero attached hydrogens (tertiary/aromatic N) is 4. The first kappa shape index (κ1) is 17.3. The summed E-state index contributed by atoms with van der Waals surface area (Å²) < 4.78 is 41.2. The van der Waals surface area contributed by atoms with Gasteiger partial charge in [0, 0.05) is 51.3 Å². The summed E-state index contributed by atoms with van der Waals surface area (Å²) in [5.41, 5.74) is 0. The molecule has 2 saturated heterocycles. The molecule has 134 valence electrons. The number of halogens is 1. The minimum Gasteiger partial charge on any atom is -0.339 e. The Morgan fingerprint density at radius 3 is 2.50 bits per heavy atom. The number of imidazole rings is 1. The molecule has 0 spiro atoms. The number of hydrogen-bond donors (Lipinski definition) is 0. The summed E-state index contributed by atoms with van der Waals surface area (Å²) in [4.78, 5) is 17.8. The number of sulfonamides is 1. The molecule has 2 aliphatic rings. The lowest BCUT2D eigenvalue weighted by atomic mass is 10.1. The van der Waals surface area contributed by atoms with E-state index in [1.807, 2.05) is 0 Å². The quantitative estimate of drug-likeness (QED) is 0.794. The molecule has 1 aromatic heterocycles. The maximum atomic E-state index is 12.8. The van der Waals surface area contributed by atoms with Gasteiger partial charge in [0.05, 0.1) is 6.67 Å². The highest BCUT2D eigenvalue weighted by atomic mass is 32.2. The number of carbonyl (C=O) groups is 1. The van der Waals surface area contributed by atoms with E-state index in [-0.39, 0.29) is 29.3 Å². The Morgan fingerprint density at radius 1 is 1.33 bits per heavy atom. The van der Waals surface area contributed by atoms with Gasteiger partial charge in [0.2, 0.25) is 5.91 Å². The van der Waals surface area contributed by atoms with Crippen LogP contribution < -0.4 is 0 Å². The molecule has 1 unspecified atom stereocenters. The molecule has 0 saturated carbocycles. The molecular formula is C15H23FN4O3S. The van der Waals surface area contributed by atoms with Crippen molar-refractivity contribution in [2.45, 2.75) is 37.3 Å². The summed E-state index contributed by atoms with van der Waals surface area (Å²) in [6.45, 7) is 2.44. The highest BCUT2D eigenvalue weighted by Crippen LogP contribution is 2.27. The molecule has 24 heavy (non-hydrogen) atoms. The Hall–Kier alpha value is -1.48. The summed E-state index contributed by atoms with van der Waals surface area (Å²) in [5.74, 6) is 0.415. The number of aryl methyl sites for hydroxylation is 2. The molecule has 2 aliphatic heterocycles. The Morgan fingerprint density at radius 2 is 2.00 bits per heavy atom. The van der Waals surface area contributed by atoms with Gasteiger partial charge in [0.1, 0.15) is 5.82 Å². The van der Waals surface area contributed by atoms with E-state index in [1.54, 1.807) is 23.4 Å². The molecule has 9 heteroatoms. The van der Waals surface area contributed by atoms with E-state index in [4.69, 9.17) is 0 Å². The normalized spacial score (nSPS) is 24.0. The molecule has 1 aromatic rings. The SMILES string of the molecule is Cc1nc(S(=O)(=O)N2CCC(N3CC(CF)CC3=O)CC2)cn1C. The standard InChI is InChI=1S/C15H23FN4O3S/c1-11-17-14(10-18(11)2)24(22,23)19-5-3-13(4-6-19)20-9-12(8-16)7-15(20)21/h10,12-13H,3-9H2,1-2H3. The van der Waals surface area contributed by atoms with Crippen LogP contribution in [0.25, 0.3) is 0 Å². The van der Waals surface area contributed by atoms with Crippen molar-refractivity contribution in [2.75, 3.05) is 26.3 Å². The lowest BCUT2D eigenvalue weighted by Crippen LogP contribution is -2.47. The zero-order chi connectivity index (χ0) is 17.5. The molecule has 7 nitrogen and oxygen atoms in total. The number of aromatic nitrogens is 2. The second-order valence-electron chi connectivity index (χ2n) is 6.64. The Kier molecular flexibility index (Phi) is 4.65. The first-order valence-electron chi connectivity index (χ1n) is 8.18. The van der Waals surface area contributed by atoms with Crippen molar-refractivity contribution >= 4 is 15.9 Å². The molecule has 1 atom stereocenters. The minimum absolute atomic E-state index is 0.00553. The first-order chi connectivity index (χ1) is 11.3. The van der Waals surface area contributed by atoms with Crippen molar-refractivity contribution in [3.05, 3.63) is 12.0 Å². The van der Waals surface area contributed by atoms with Crippen LogP contribution in [0.3, 0.4) is 0 Å². The van der Waals surface area contributed by atoms with Crippen molar-refractivity contribution in [3.8, 4) is 0 Å². The monoisotopic (exact) mass is 358 g/mol. The average Bonchev–Trinajstić information content (AvgIpc) is 3.11. The van der Waals surface area contributed by atoms with Gasteiger partial charge < -0.3 is 9.47 Å². The van der Waals surface area contributed by atoms with Crippen LogP contribution in [0.5, 0.6) is 0 Å². The fourth-order valence-electron chi connectivity index (χ4n) is 3.44. The van der Waals surface area contributed by atoms with E-state index in [0.717, 1.165) is 0 Å². The lowest BCUT2D eigenvalue weighted by Gasteiger charge is -2.35. The number of hydrogen-bond acceptors (Lipinski definition) is 4. The highest BCUT2D eigenvalue weighted by Gasteiger charge is 2.38. The molecule has 0 aliphatic carbocycles. The number of amides is 1. The van der Waals surface area contributed by atoms with Gasteiger partial charge in [-0.1, -0.05) is 0 Å². The first-order valence-corrected chi connectivity index (χ1v) is 9.62. The molecule has 0 bridgehead atoms. The zero-order valence-electron chi connectivity index (χ0n) is 14.0.